The third kappa shape index (κ3) is 4.71. The molecule has 2 heterocycles. The van der Waals surface area contributed by atoms with Crippen molar-refractivity contribution in [2.45, 2.75) is 32.0 Å². The summed E-state index contributed by atoms with van der Waals surface area (Å²) in [5.74, 6) is -0.815. The van der Waals surface area contributed by atoms with E-state index < -0.39 is 18.0 Å². The summed E-state index contributed by atoms with van der Waals surface area (Å²) >= 11 is 1.31. The first kappa shape index (κ1) is 19.2. The topological polar surface area (TPSA) is 69.4 Å². The number of hydrogen-bond donors (Lipinski definition) is 0. The van der Waals surface area contributed by atoms with Crippen LogP contribution in [0.25, 0.3) is 11.7 Å². The van der Waals surface area contributed by atoms with Gasteiger partial charge in [0.2, 0.25) is 5.82 Å². The molecule has 0 aliphatic rings. The van der Waals surface area contributed by atoms with Crippen molar-refractivity contribution in [1.29, 1.82) is 0 Å². The number of carbonyl (C=O) groups is 1. The fourth-order valence-corrected chi connectivity index (χ4v) is 2.78. The van der Waals surface area contributed by atoms with Crippen LogP contribution >= 0.6 is 11.8 Å². The number of nitrogens with zero attached hydrogens (tertiary/aromatic N) is 4. The number of alkyl halides is 3. The fourth-order valence-electron chi connectivity index (χ4n) is 1.90. The Kier molecular flexibility index (Phi) is 6.04. The SMILES string of the molecule is CCOC(=O)/C=C/c1cnc(SCC(C)C)c2nnc(C(F)(F)F)n12. The summed E-state index contributed by atoms with van der Waals surface area (Å²) in [4.78, 5) is 15.6. The van der Waals surface area contributed by atoms with Crippen LogP contribution in [-0.2, 0) is 15.7 Å². The predicted octanol–water partition coefficient (Wildman–Crippen LogP) is 3.47. The van der Waals surface area contributed by atoms with E-state index in [4.69, 9.17) is 4.74 Å². The number of ether oxygens (including phenoxy) is 1. The van der Waals surface area contributed by atoms with Crippen molar-refractivity contribution in [2.75, 3.05) is 12.4 Å². The number of aromatic nitrogens is 4. The molecule has 25 heavy (non-hydrogen) atoms. The molecule has 0 saturated carbocycles. The number of carbonyl (C=O) groups excluding carboxylic acids is 1. The van der Waals surface area contributed by atoms with Gasteiger partial charge in [-0.25, -0.2) is 9.78 Å². The molecule has 0 unspecified atom stereocenters. The third-order valence-corrected chi connectivity index (χ3v) is 4.31. The van der Waals surface area contributed by atoms with E-state index >= 15 is 0 Å². The smallest absolute Gasteiger partial charge is 0.452 e. The fraction of sp³-hybridized carbons (Fsp3) is 0.467. The van der Waals surface area contributed by atoms with Gasteiger partial charge in [0.1, 0.15) is 5.03 Å². The molecule has 0 radical (unpaired) electrons. The van der Waals surface area contributed by atoms with Gasteiger partial charge in [-0.2, -0.15) is 13.2 Å². The van der Waals surface area contributed by atoms with Gasteiger partial charge in [-0.15, -0.1) is 22.0 Å². The molecule has 6 nitrogen and oxygen atoms in total. The summed E-state index contributed by atoms with van der Waals surface area (Å²) in [5.41, 5.74) is 0.0401. The largest absolute Gasteiger partial charge is 0.463 e. The van der Waals surface area contributed by atoms with Crippen LogP contribution in [0.4, 0.5) is 13.2 Å². The summed E-state index contributed by atoms with van der Waals surface area (Å²) in [5, 5.41) is 7.26. The molecule has 0 atom stereocenters. The Morgan fingerprint density at radius 1 is 1.40 bits per heavy atom. The van der Waals surface area contributed by atoms with Crippen LogP contribution in [0, 0.1) is 5.92 Å². The highest BCUT2D eigenvalue weighted by Crippen LogP contribution is 2.31. The van der Waals surface area contributed by atoms with Gasteiger partial charge >= 0.3 is 12.1 Å². The van der Waals surface area contributed by atoms with Crippen LogP contribution in [0.3, 0.4) is 0 Å². The second-order valence-corrected chi connectivity index (χ2v) is 6.47. The molecule has 2 aromatic rings. The maximum atomic E-state index is 13.2. The Morgan fingerprint density at radius 3 is 2.72 bits per heavy atom. The van der Waals surface area contributed by atoms with Gasteiger partial charge in [-0.3, -0.25) is 4.40 Å². The molecule has 0 fully saturated rings. The highest BCUT2D eigenvalue weighted by molar-refractivity contribution is 7.99. The summed E-state index contributed by atoms with van der Waals surface area (Å²) < 4.78 is 45.3. The number of rotatable bonds is 6. The Labute approximate surface area is 146 Å². The maximum absolute atomic E-state index is 13.2. The molecule has 2 aromatic heterocycles. The second-order valence-electron chi connectivity index (χ2n) is 5.46. The quantitative estimate of drug-likeness (QED) is 0.438. The van der Waals surface area contributed by atoms with Crippen LogP contribution in [0.15, 0.2) is 17.3 Å². The van der Waals surface area contributed by atoms with Gasteiger partial charge in [0, 0.05) is 11.8 Å². The second kappa shape index (κ2) is 7.85. The minimum absolute atomic E-state index is 0.00369. The zero-order valence-corrected chi connectivity index (χ0v) is 14.7. The summed E-state index contributed by atoms with van der Waals surface area (Å²) in [6.07, 6.45) is -1.19. The van der Waals surface area contributed by atoms with E-state index in [2.05, 4.69) is 15.2 Å². The summed E-state index contributed by atoms with van der Waals surface area (Å²) in [6, 6.07) is 0. The maximum Gasteiger partial charge on any atom is 0.452 e. The zero-order valence-electron chi connectivity index (χ0n) is 13.9. The van der Waals surface area contributed by atoms with E-state index in [-0.39, 0.29) is 17.9 Å². The molecule has 2 rings (SSSR count). The molecule has 0 amide bonds. The molecule has 0 aliphatic carbocycles. The molecular weight excluding hydrogens is 357 g/mol. The van der Waals surface area contributed by atoms with Crippen LogP contribution in [0.1, 0.15) is 32.3 Å². The van der Waals surface area contributed by atoms with Crippen LogP contribution in [-0.4, -0.2) is 37.9 Å². The van der Waals surface area contributed by atoms with E-state index in [1.54, 1.807) is 6.92 Å². The molecule has 0 saturated heterocycles. The Morgan fingerprint density at radius 2 is 2.12 bits per heavy atom. The third-order valence-electron chi connectivity index (χ3n) is 2.91. The van der Waals surface area contributed by atoms with Gasteiger partial charge in [-0.1, -0.05) is 13.8 Å². The number of fused-ring (bicyclic) bond motifs is 1. The molecule has 0 aromatic carbocycles. The van der Waals surface area contributed by atoms with E-state index in [0.29, 0.717) is 16.7 Å². The van der Waals surface area contributed by atoms with Crippen molar-refractivity contribution in [3.05, 3.63) is 23.8 Å². The minimum atomic E-state index is -4.69. The van der Waals surface area contributed by atoms with E-state index in [9.17, 15) is 18.0 Å². The lowest BCUT2D eigenvalue weighted by Gasteiger charge is -2.09. The lowest BCUT2D eigenvalue weighted by molar-refractivity contribution is -0.145. The molecule has 0 aliphatic heterocycles. The zero-order chi connectivity index (χ0) is 18.6. The minimum Gasteiger partial charge on any atom is -0.463 e. The van der Waals surface area contributed by atoms with E-state index in [0.717, 1.165) is 10.5 Å². The van der Waals surface area contributed by atoms with E-state index in [1.807, 2.05) is 13.8 Å². The lowest BCUT2D eigenvalue weighted by atomic mass is 10.3. The molecule has 0 spiro atoms. The van der Waals surface area contributed by atoms with Crippen molar-refractivity contribution in [3.8, 4) is 0 Å². The van der Waals surface area contributed by atoms with Crippen molar-refractivity contribution in [2.24, 2.45) is 5.92 Å². The van der Waals surface area contributed by atoms with E-state index in [1.165, 1.54) is 24.0 Å². The van der Waals surface area contributed by atoms with Crippen molar-refractivity contribution in [1.82, 2.24) is 19.6 Å². The first-order valence-corrected chi connectivity index (χ1v) is 8.51. The lowest BCUT2D eigenvalue weighted by Crippen LogP contribution is -2.13. The number of thioether (sulfide) groups is 1. The standard InChI is InChI=1S/C15H17F3N4O2S/c1-4-24-11(23)6-5-10-7-19-13(25-8-9(2)3)12-20-21-14(22(10)12)15(16,17)18/h5-7,9H,4,8H2,1-3H3/b6-5+. The Bertz CT molecular complexity index is 787. The van der Waals surface area contributed by atoms with Crippen LogP contribution in [0.2, 0.25) is 0 Å². The number of halogens is 3. The molecule has 0 N–H and O–H groups in total. The summed E-state index contributed by atoms with van der Waals surface area (Å²) in [6.45, 7) is 5.78. The van der Waals surface area contributed by atoms with Crippen molar-refractivity contribution in [3.63, 3.8) is 0 Å². The average molecular weight is 374 g/mol. The molecule has 136 valence electrons. The number of esters is 1. The monoisotopic (exact) mass is 374 g/mol. The van der Waals surface area contributed by atoms with Crippen molar-refractivity contribution < 1.29 is 22.7 Å². The van der Waals surface area contributed by atoms with Gasteiger partial charge in [0.05, 0.1) is 18.5 Å². The van der Waals surface area contributed by atoms with Gasteiger partial charge in [0.25, 0.3) is 0 Å². The highest BCUT2D eigenvalue weighted by atomic mass is 32.2. The molecule has 10 heteroatoms. The average Bonchev–Trinajstić information content (AvgIpc) is 2.97. The first-order valence-electron chi connectivity index (χ1n) is 7.53. The number of hydrogen-bond acceptors (Lipinski definition) is 6. The van der Waals surface area contributed by atoms with Gasteiger partial charge < -0.3 is 4.74 Å². The van der Waals surface area contributed by atoms with Gasteiger partial charge in [0.15, 0.2) is 5.65 Å². The highest BCUT2D eigenvalue weighted by Gasteiger charge is 2.38. The Hall–Kier alpha value is -2.10. The molecular formula is C15H17F3N4O2S. The first-order chi connectivity index (χ1) is 11.7. The van der Waals surface area contributed by atoms with Crippen molar-refractivity contribution >= 4 is 29.5 Å². The molecule has 0 bridgehead atoms. The van der Waals surface area contributed by atoms with Crippen LogP contribution < -0.4 is 0 Å². The normalized spacial score (nSPS) is 12.4. The van der Waals surface area contributed by atoms with Gasteiger partial charge in [-0.05, 0) is 18.9 Å². The van der Waals surface area contributed by atoms with Crippen LogP contribution in [0.5, 0.6) is 0 Å². The summed E-state index contributed by atoms with van der Waals surface area (Å²) in [7, 11) is 0. The Balaban J connectivity index is 2.53. The predicted molar refractivity (Wildman–Crippen MR) is 87.0 cm³/mol.